The number of ether oxygens (including phenoxy) is 1. The van der Waals surface area contributed by atoms with Crippen molar-refractivity contribution in [3.63, 3.8) is 0 Å². The van der Waals surface area contributed by atoms with E-state index in [1.165, 1.54) is 6.08 Å². The van der Waals surface area contributed by atoms with Gasteiger partial charge in [0, 0.05) is 0 Å². The maximum absolute atomic E-state index is 10.7. The molecule has 0 aromatic rings. The second kappa shape index (κ2) is 3.88. The quantitative estimate of drug-likeness (QED) is 0.337. The summed E-state index contributed by atoms with van der Waals surface area (Å²) in [6.45, 7) is -0.484. The zero-order valence-electron chi connectivity index (χ0n) is 6.65. The Balaban J connectivity index is 2.74. The fourth-order valence-electron chi connectivity index (χ4n) is 0.980. The van der Waals surface area contributed by atoms with Crippen LogP contribution in [0, 0.1) is 0 Å². The molecule has 1 heterocycles. The fraction of sp³-hybridized carbons (Fsp3) is 0.667. The minimum Gasteiger partial charge on any atom is -0.394 e. The van der Waals surface area contributed by atoms with Crippen molar-refractivity contribution in [3.05, 3.63) is 12.2 Å². The molecule has 76 valence electrons. The number of aliphatic hydroxyl groups excluding tert-OH is 2. The van der Waals surface area contributed by atoms with Crippen molar-refractivity contribution in [3.8, 4) is 0 Å². The van der Waals surface area contributed by atoms with Crippen LogP contribution in [0.4, 0.5) is 0 Å². The molecule has 1 rings (SSSR count). The van der Waals surface area contributed by atoms with Crippen LogP contribution in [0.15, 0.2) is 12.2 Å². The van der Waals surface area contributed by atoms with Crippen molar-refractivity contribution in [2.24, 2.45) is 0 Å². The molecule has 6 nitrogen and oxygen atoms in total. The SMILES string of the molecule is O=P(O)(O)[C@H]1C=C[C@@H](O)[C@@H](CO)O1. The van der Waals surface area contributed by atoms with Gasteiger partial charge in [-0.25, -0.2) is 0 Å². The largest absolute Gasteiger partial charge is 0.394 e. The van der Waals surface area contributed by atoms with E-state index < -0.39 is 32.3 Å². The zero-order chi connectivity index (χ0) is 10.1. The van der Waals surface area contributed by atoms with Crippen molar-refractivity contribution in [2.45, 2.75) is 18.1 Å². The van der Waals surface area contributed by atoms with Gasteiger partial charge < -0.3 is 24.7 Å². The molecule has 0 radical (unpaired) electrons. The predicted molar refractivity (Wildman–Crippen MR) is 42.9 cm³/mol. The van der Waals surface area contributed by atoms with Gasteiger partial charge in [-0.05, 0) is 6.08 Å². The Morgan fingerprint density at radius 2 is 2.00 bits per heavy atom. The molecule has 0 spiro atoms. The lowest BCUT2D eigenvalue weighted by Crippen LogP contribution is -2.37. The van der Waals surface area contributed by atoms with E-state index >= 15 is 0 Å². The minimum absolute atomic E-state index is 0.484. The zero-order valence-corrected chi connectivity index (χ0v) is 7.54. The minimum atomic E-state index is -4.35. The van der Waals surface area contributed by atoms with E-state index in [4.69, 9.17) is 24.7 Å². The van der Waals surface area contributed by atoms with Gasteiger partial charge >= 0.3 is 7.60 Å². The molecule has 0 amide bonds. The van der Waals surface area contributed by atoms with Gasteiger partial charge in [-0.1, -0.05) is 6.08 Å². The number of aliphatic hydroxyl groups is 2. The first-order chi connectivity index (χ1) is 5.95. The lowest BCUT2D eigenvalue weighted by molar-refractivity contribution is -0.0619. The van der Waals surface area contributed by atoms with Crippen LogP contribution in [0.3, 0.4) is 0 Å². The molecule has 7 heteroatoms. The second-order valence-electron chi connectivity index (χ2n) is 2.71. The van der Waals surface area contributed by atoms with Crippen LogP contribution in [0.1, 0.15) is 0 Å². The molecular weight excluding hydrogens is 199 g/mol. The van der Waals surface area contributed by atoms with Gasteiger partial charge in [0.05, 0.1) is 6.61 Å². The van der Waals surface area contributed by atoms with Gasteiger partial charge in [-0.3, -0.25) is 4.57 Å². The highest BCUT2D eigenvalue weighted by molar-refractivity contribution is 7.52. The Morgan fingerprint density at radius 1 is 1.38 bits per heavy atom. The summed E-state index contributed by atoms with van der Waals surface area (Å²) in [5, 5.41) is 17.8. The molecular formula is C6H11O6P. The van der Waals surface area contributed by atoms with Crippen LogP contribution in [-0.2, 0) is 9.30 Å². The number of hydrogen-bond acceptors (Lipinski definition) is 4. The summed E-state index contributed by atoms with van der Waals surface area (Å²) in [5.41, 5.74) is 0. The van der Waals surface area contributed by atoms with Gasteiger partial charge in [-0.15, -0.1) is 0 Å². The molecule has 0 aromatic heterocycles. The Labute approximate surface area is 74.6 Å². The van der Waals surface area contributed by atoms with Gasteiger partial charge in [0.1, 0.15) is 12.2 Å². The van der Waals surface area contributed by atoms with Crippen LogP contribution in [0.5, 0.6) is 0 Å². The summed E-state index contributed by atoms with van der Waals surface area (Å²) in [7, 11) is -4.35. The Morgan fingerprint density at radius 3 is 2.46 bits per heavy atom. The monoisotopic (exact) mass is 210 g/mol. The van der Waals surface area contributed by atoms with Gasteiger partial charge in [-0.2, -0.15) is 0 Å². The Hall–Kier alpha value is -0.230. The van der Waals surface area contributed by atoms with Crippen LogP contribution in [0.2, 0.25) is 0 Å². The summed E-state index contributed by atoms with van der Waals surface area (Å²) < 4.78 is 15.5. The van der Waals surface area contributed by atoms with Crippen LogP contribution < -0.4 is 0 Å². The maximum atomic E-state index is 10.7. The molecule has 0 bridgehead atoms. The second-order valence-corrected chi connectivity index (χ2v) is 4.40. The third kappa shape index (κ3) is 2.60. The number of hydrogen-bond donors (Lipinski definition) is 4. The van der Waals surface area contributed by atoms with Crippen LogP contribution >= 0.6 is 7.60 Å². The van der Waals surface area contributed by atoms with Crippen LogP contribution in [0.25, 0.3) is 0 Å². The lowest BCUT2D eigenvalue weighted by Gasteiger charge is -2.28. The van der Waals surface area contributed by atoms with Crippen molar-refractivity contribution in [2.75, 3.05) is 6.61 Å². The summed E-state index contributed by atoms with van der Waals surface area (Å²) in [6.07, 6.45) is 0.307. The topological polar surface area (TPSA) is 107 Å². The van der Waals surface area contributed by atoms with Gasteiger partial charge in [0.15, 0.2) is 5.85 Å². The summed E-state index contributed by atoms with van der Waals surface area (Å²) in [4.78, 5) is 17.4. The Kier molecular flexibility index (Phi) is 3.23. The molecule has 3 atom stereocenters. The average molecular weight is 210 g/mol. The smallest absolute Gasteiger partial charge is 0.357 e. The highest BCUT2D eigenvalue weighted by atomic mass is 31.2. The van der Waals surface area contributed by atoms with Gasteiger partial charge in [0.2, 0.25) is 0 Å². The molecule has 4 N–H and O–H groups in total. The highest BCUT2D eigenvalue weighted by Crippen LogP contribution is 2.44. The molecule has 0 saturated carbocycles. The first-order valence-corrected chi connectivity index (χ1v) is 5.31. The fourth-order valence-corrected chi connectivity index (χ4v) is 1.62. The maximum Gasteiger partial charge on any atom is 0.357 e. The molecule has 0 fully saturated rings. The predicted octanol–water partition coefficient (Wildman–Crippen LogP) is -1.20. The average Bonchev–Trinajstić information content (AvgIpc) is 2.03. The van der Waals surface area contributed by atoms with E-state index in [1.807, 2.05) is 0 Å². The van der Waals surface area contributed by atoms with E-state index in [0.717, 1.165) is 6.08 Å². The highest BCUT2D eigenvalue weighted by Gasteiger charge is 2.35. The van der Waals surface area contributed by atoms with Gasteiger partial charge in [0.25, 0.3) is 0 Å². The Bertz CT molecular complexity index is 246. The van der Waals surface area contributed by atoms with E-state index in [-0.39, 0.29) is 0 Å². The van der Waals surface area contributed by atoms with Crippen molar-refractivity contribution in [1.29, 1.82) is 0 Å². The van der Waals surface area contributed by atoms with E-state index in [2.05, 4.69) is 0 Å². The molecule has 0 aliphatic carbocycles. The third-order valence-corrected chi connectivity index (χ3v) is 2.64. The molecule has 0 unspecified atom stereocenters. The first kappa shape index (κ1) is 10.8. The van der Waals surface area contributed by atoms with Crippen LogP contribution in [-0.4, -0.2) is 44.7 Å². The van der Waals surface area contributed by atoms with Crippen molar-refractivity contribution < 1.29 is 29.3 Å². The molecule has 0 saturated heterocycles. The first-order valence-electron chi connectivity index (χ1n) is 3.63. The third-order valence-electron chi connectivity index (χ3n) is 1.68. The van der Waals surface area contributed by atoms with E-state index in [9.17, 15) is 4.57 Å². The molecule has 1 aliphatic rings. The van der Waals surface area contributed by atoms with E-state index in [0.29, 0.717) is 0 Å². The summed E-state index contributed by atoms with van der Waals surface area (Å²) in [5.74, 6) is -1.37. The lowest BCUT2D eigenvalue weighted by atomic mass is 10.1. The number of rotatable bonds is 2. The molecule has 1 aliphatic heterocycles. The molecule has 13 heavy (non-hydrogen) atoms. The summed E-state index contributed by atoms with van der Waals surface area (Å²) >= 11 is 0. The normalized spacial score (nSPS) is 34.9. The standard InChI is InChI=1S/C6H11O6P/c7-3-5-4(8)1-2-6(12-5)13(9,10)11/h1-2,4-8H,3H2,(H2,9,10,11)/t4-,5-,6+/m1/s1. The van der Waals surface area contributed by atoms with Crippen molar-refractivity contribution in [1.82, 2.24) is 0 Å². The van der Waals surface area contributed by atoms with Crippen molar-refractivity contribution >= 4 is 7.60 Å². The van der Waals surface area contributed by atoms with E-state index in [1.54, 1.807) is 0 Å². The summed E-state index contributed by atoms with van der Waals surface area (Å²) in [6, 6.07) is 0. The molecule has 0 aromatic carbocycles.